The number of β-lactam (4-membered cyclic amide) rings is 1. The Kier molecular flexibility index (Phi) is 4.80. The first-order valence-electron chi connectivity index (χ1n) is 8.85. The molecule has 1 amide bonds. The maximum Gasteiger partial charge on any atom is 0.352 e. The Bertz CT molecular complexity index is 999. The number of amides is 1. The fraction of sp³-hybridized carbons (Fsp3) is 0.500. The molecule has 0 unspecified atom stereocenters. The van der Waals surface area contributed by atoms with Gasteiger partial charge in [-0.25, -0.2) is 9.36 Å². The molecule has 2 aliphatic rings. The number of carbonyl (C=O) groups excluding carboxylic acids is 1. The molecule has 2 aliphatic heterocycles. The molecule has 1 saturated heterocycles. The summed E-state index contributed by atoms with van der Waals surface area (Å²) in [5.74, 6) is -2.10. The Morgan fingerprint density at radius 3 is 2.57 bits per heavy atom. The van der Waals surface area contributed by atoms with Crippen LogP contribution in [0.2, 0.25) is 0 Å². The SMILES string of the molecule is CSc1c2sc(C3=C(C(=O)O)N4C(=O)[C@H]([C@@H](C)O)[C@H]4[C@H]3C)cn2c(SC)[n+]1C. The van der Waals surface area contributed by atoms with Crippen molar-refractivity contribution in [3.63, 3.8) is 0 Å². The van der Waals surface area contributed by atoms with Crippen molar-refractivity contribution in [2.75, 3.05) is 12.5 Å². The van der Waals surface area contributed by atoms with E-state index in [4.69, 9.17) is 0 Å². The summed E-state index contributed by atoms with van der Waals surface area (Å²) < 4.78 is 4.23. The molecule has 2 N–H and O–H groups in total. The normalized spacial score (nSPS) is 25.4. The number of aromatic nitrogens is 2. The smallest absolute Gasteiger partial charge is 0.352 e. The summed E-state index contributed by atoms with van der Waals surface area (Å²) in [6.45, 7) is 3.54. The van der Waals surface area contributed by atoms with Crippen LogP contribution in [0.5, 0.6) is 0 Å². The van der Waals surface area contributed by atoms with Gasteiger partial charge in [-0.1, -0.05) is 30.0 Å². The van der Waals surface area contributed by atoms with Gasteiger partial charge in [0.15, 0.2) is 0 Å². The van der Waals surface area contributed by atoms with Crippen LogP contribution in [0, 0.1) is 11.8 Å². The van der Waals surface area contributed by atoms with Gasteiger partial charge in [0.25, 0.3) is 0 Å². The Hall–Kier alpha value is -1.49. The number of carboxylic acid groups (broad SMARTS) is 1. The molecule has 0 aromatic carbocycles. The molecule has 2 aromatic rings. The van der Waals surface area contributed by atoms with Gasteiger partial charge in [-0.2, -0.15) is 4.40 Å². The number of carboxylic acids is 1. The fourth-order valence-corrected chi connectivity index (χ4v) is 7.56. The van der Waals surface area contributed by atoms with Gasteiger partial charge in [0, 0.05) is 11.5 Å². The summed E-state index contributed by atoms with van der Waals surface area (Å²) >= 11 is 4.83. The van der Waals surface area contributed by atoms with E-state index in [2.05, 4.69) is 8.97 Å². The van der Waals surface area contributed by atoms with Crippen molar-refractivity contribution in [1.29, 1.82) is 0 Å². The largest absolute Gasteiger partial charge is 0.477 e. The highest BCUT2D eigenvalue weighted by molar-refractivity contribution is 7.99. The number of rotatable bonds is 5. The molecule has 150 valence electrons. The van der Waals surface area contributed by atoms with E-state index in [1.165, 1.54) is 4.90 Å². The van der Waals surface area contributed by atoms with Crippen LogP contribution in [0.25, 0.3) is 10.4 Å². The minimum absolute atomic E-state index is 0.0599. The Balaban J connectivity index is 1.90. The molecule has 4 atom stereocenters. The second kappa shape index (κ2) is 6.79. The van der Waals surface area contributed by atoms with Crippen LogP contribution in [0.1, 0.15) is 18.7 Å². The quantitative estimate of drug-likeness (QED) is 0.420. The van der Waals surface area contributed by atoms with E-state index in [1.807, 2.05) is 32.7 Å². The van der Waals surface area contributed by atoms with Crippen molar-refractivity contribution in [3.8, 4) is 0 Å². The monoisotopic (exact) mass is 440 g/mol. The predicted octanol–water partition coefficient (Wildman–Crippen LogP) is 1.92. The van der Waals surface area contributed by atoms with Crippen molar-refractivity contribution in [3.05, 3.63) is 16.8 Å². The van der Waals surface area contributed by atoms with Gasteiger partial charge in [0.1, 0.15) is 11.9 Å². The zero-order valence-electron chi connectivity index (χ0n) is 16.2. The number of carbonyl (C=O) groups is 2. The van der Waals surface area contributed by atoms with Crippen molar-refractivity contribution in [2.24, 2.45) is 18.9 Å². The molecule has 4 rings (SSSR count). The number of imidazole rings is 1. The van der Waals surface area contributed by atoms with E-state index in [9.17, 15) is 19.8 Å². The first kappa shape index (κ1) is 19.8. The van der Waals surface area contributed by atoms with Crippen LogP contribution in [0.4, 0.5) is 0 Å². The first-order chi connectivity index (χ1) is 13.2. The highest BCUT2D eigenvalue weighted by atomic mass is 32.2. The Morgan fingerprint density at radius 1 is 1.36 bits per heavy atom. The zero-order valence-corrected chi connectivity index (χ0v) is 18.6. The molecule has 0 saturated carbocycles. The molecule has 4 heterocycles. The van der Waals surface area contributed by atoms with E-state index in [1.54, 1.807) is 41.8 Å². The maximum atomic E-state index is 12.5. The van der Waals surface area contributed by atoms with E-state index >= 15 is 0 Å². The molecular weight excluding hydrogens is 418 g/mol. The second-order valence-corrected chi connectivity index (χ2v) is 9.75. The molecule has 0 radical (unpaired) electrons. The van der Waals surface area contributed by atoms with E-state index < -0.39 is 18.0 Å². The molecule has 0 aliphatic carbocycles. The zero-order chi connectivity index (χ0) is 20.5. The summed E-state index contributed by atoms with van der Waals surface area (Å²) in [6.07, 6.45) is 5.22. The summed E-state index contributed by atoms with van der Waals surface area (Å²) in [5.41, 5.74) is 0.745. The second-order valence-electron chi connectivity index (χ2n) is 7.15. The van der Waals surface area contributed by atoms with Crippen LogP contribution >= 0.6 is 34.9 Å². The standard InChI is InChI=1S/C18H21N3O4S3/c1-7-10(13(17(24)25)21-12(7)11(8(2)22)14(21)23)9-6-20-16(28-9)15(26-4)19(3)18(20)27-5/h6-8,11-12,22H,1-5H3/p+1/t7-,8+,11+,12+/m0/s1. The van der Waals surface area contributed by atoms with Gasteiger partial charge in [-0.15, -0.1) is 0 Å². The van der Waals surface area contributed by atoms with Crippen LogP contribution in [-0.4, -0.2) is 56.0 Å². The highest BCUT2D eigenvalue weighted by Crippen LogP contribution is 2.51. The molecule has 0 spiro atoms. The third kappa shape index (κ3) is 2.44. The predicted molar refractivity (Wildman–Crippen MR) is 110 cm³/mol. The fourth-order valence-electron chi connectivity index (χ4n) is 4.51. The molecule has 2 aromatic heterocycles. The van der Waals surface area contributed by atoms with Crippen molar-refractivity contribution in [2.45, 2.75) is 36.2 Å². The van der Waals surface area contributed by atoms with E-state index in [0.29, 0.717) is 5.57 Å². The molecule has 10 heteroatoms. The van der Waals surface area contributed by atoms with Gasteiger partial charge >= 0.3 is 11.1 Å². The van der Waals surface area contributed by atoms with Crippen molar-refractivity contribution >= 4 is 57.1 Å². The lowest BCUT2D eigenvalue weighted by molar-refractivity contribution is -0.742. The van der Waals surface area contributed by atoms with Crippen LogP contribution in [-0.2, 0) is 16.6 Å². The molecule has 7 nitrogen and oxygen atoms in total. The van der Waals surface area contributed by atoms with Gasteiger partial charge in [-0.05, 0) is 31.2 Å². The number of fused-ring (bicyclic) bond motifs is 2. The molecule has 0 bridgehead atoms. The van der Waals surface area contributed by atoms with Crippen molar-refractivity contribution in [1.82, 2.24) is 9.30 Å². The number of thiazole rings is 1. The Morgan fingerprint density at radius 2 is 2.04 bits per heavy atom. The lowest BCUT2D eigenvalue weighted by Gasteiger charge is -2.46. The minimum Gasteiger partial charge on any atom is -0.477 e. The third-order valence-corrected chi connectivity index (χ3v) is 8.62. The number of hydrogen-bond donors (Lipinski definition) is 2. The number of aliphatic carboxylic acids is 1. The highest BCUT2D eigenvalue weighted by Gasteiger charge is 2.60. The number of nitrogens with zero attached hydrogens (tertiary/aromatic N) is 3. The van der Waals surface area contributed by atoms with Gasteiger partial charge in [0.05, 0.1) is 30.0 Å². The average molecular weight is 441 g/mol. The van der Waals surface area contributed by atoms with Gasteiger partial charge in [0.2, 0.25) is 15.8 Å². The summed E-state index contributed by atoms with van der Waals surface area (Å²) in [5, 5.41) is 22.1. The number of aliphatic hydroxyl groups excluding tert-OH is 1. The summed E-state index contributed by atoms with van der Waals surface area (Å²) in [4.78, 5) is 27.9. The Labute approximate surface area is 175 Å². The van der Waals surface area contributed by atoms with Crippen molar-refractivity contribution < 1.29 is 24.4 Å². The third-order valence-electron chi connectivity index (χ3n) is 5.67. The lowest BCUT2D eigenvalue weighted by atomic mass is 9.77. The minimum atomic E-state index is -1.10. The van der Waals surface area contributed by atoms with Crippen LogP contribution < -0.4 is 4.57 Å². The first-order valence-corrected chi connectivity index (χ1v) is 12.1. The average Bonchev–Trinajstić information content (AvgIpc) is 3.21. The van der Waals surface area contributed by atoms with Crippen LogP contribution in [0.15, 0.2) is 22.1 Å². The topological polar surface area (TPSA) is 86.1 Å². The number of hydrogen-bond acceptors (Lipinski definition) is 6. The van der Waals surface area contributed by atoms with E-state index in [0.717, 1.165) is 19.9 Å². The summed E-state index contributed by atoms with van der Waals surface area (Å²) in [7, 11) is 2.02. The van der Waals surface area contributed by atoms with Gasteiger partial charge < -0.3 is 15.1 Å². The number of thioether (sulfide) groups is 2. The van der Waals surface area contributed by atoms with E-state index in [-0.39, 0.29) is 23.6 Å². The molecular formula is C18H22N3O4S3+. The maximum absolute atomic E-state index is 12.5. The number of aliphatic hydroxyl groups is 1. The lowest BCUT2D eigenvalue weighted by Crippen LogP contribution is -2.63. The molecule has 1 fully saturated rings. The summed E-state index contributed by atoms with van der Waals surface area (Å²) in [6, 6.07) is -0.300. The molecule has 28 heavy (non-hydrogen) atoms. The van der Waals surface area contributed by atoms with Gasteiger partial charge in [-0.3, -0.25) is 4.79 Å². The van der Waals surface area contributed by atoms with Crippen LogP contribution in [0.3, 0.4) is 0 Å².